The van der Waals surface area contributed by atoms with Gasteiger partial charge >= 0.3 is 0 Å². The molecule has 0 aliphatic heterocycles. The minimum atomic E-state index is -0.259. The predicted molar refractivity (Wildman–Crippen MR) is 59.3 cm³/mol. The van der Waals surface area contributed by atoms with E-state index in [1.807, 2.05) is 0 Å². The summed E-state index contributed by atoms with van der Waals surface area (Å²) in [4.78, 5) is 11.8. The Balaban J connectivity index is 2.25. The Morgan fingerprint density at radius 2 is 2.07 bits per heavy atom. The van der Waals surface area contributed by atoms with Crippen LogP contribution in [0, 0.1) is 29.6 Å². The van der Waals surface area contributed by atoms with Crippen LogP contribution in [0.3, 0.4) is 0 Å². The molecule has 0 heterocycles. The van der Waals surface area contributed by atoms with Crippen LogP contribution in [0.25, 0.3) is 0 Å². The highest BCUT2D eigenvalue weighted by molar-refractivity contribution is 5.84. The average molecular weight is 210 g/mol. The molecule has 86 valence electrons. The van der Waals surface area contributed by atoms with Crippen LogP contribution < -0.4 is 0 Å². The summed E-state index contributed by atoms with van der Waals surface area (Å²) in [5, 5.41) is 9.98. The molecule has 1 unspecified atom stereocenters. The van der Waals surface area contributed by atoms with E-state index in [-0.39, 0.29) is 12.0 Å². The fourth-order valence-electron chi connectivity index (χ4n) is 3.98. The summed E-state index contributed by atoms with van der Waals surface area (Å²) >= 11 is 0. The van der Waals surface area contributed by atoms with Gasteiger partial charge in [-0.25, -0.2) is 0 Å². The van der Waals surface area contributed by atoms with Gasteiger partial charge in [-0.05, 0) is 30.1 Å². The number of hydrogen-bond donors (Lipinski definition) is 1. The van der Waals surface area contributed by atoms with Gasteiger partial charge in [-0.1, -0.05) is 27.2 Å². The summed E-state index contributed by atoms with van der Waals surface area (Å²) < 4.78 is 0. The van der Waals surface area contributed by atoms with Crippen LogP contribution in [-0.4, -0.2) is 17.0 Å². The highest BCUT2D eigenvalue weighted by Gasteiger charge is 2.50. The maximum absolute atomic E-state index is 11.8. The van der Waals surface area contributed by atoms with Gasteiger partial charge in [-0.3, -0.25) is 4.79 Å². The highest BCUT2D eigenvalue weighted by Crippen LogP contribution is 2.50. The number of fused-ring (bicyclic) bond motifs is 1. The number of ketones is 1. The molecule has 1 N–H and O–H groups in total. The smallest absolute Gasteiger partial charge is 0.136 e. The second-order valence-electron chi connectivity index (χ2n) is 5.57. The van der Waals surface area contributed by atoms with Crippen molar-refractivity contribution < 1.29 is 9.90 Å². The van der Waals surface area contributed by atoms with Crippen molar-refractivity contribution in [3.05, 3.63) is 0 Å². The van der Waals surface area contributed by atoms with E-state index in [0.29, 0.717) is 35.9 Å². The summed E-state index contributed by atoms with van der Waals surface area (Å²) in [5.74, 6) is 2.54. The summed E-state index contributed by atoms with van der Waals surface area (Å²) in [6.45, 7) is 6.53. The molecule has 0 aromatic heterocycles. The van der Waals surface area contributed by atoms with Gasteiger partial charge < -0.3 is 5.11 Å². The topological polar surface area (TPSA) is 37.3 Å². The summed E-state index contributed by atoms with van der Waals surface area (Å²) in [6, 6.07) is 0. The van der Waals surface area contributed by atoms with Gasteiger partial charge in [-0.15, -0.1) is 0 Å². The van der Waals surface area contributed by atoms with Crippen molar-refractivity contribution in [3.8, 4) is 0 Å². The van der Waals surface area contributed by atoms with E-state index >= 15 is 0 Å². The van der Waals surface area contributed by atoms with E-state index < -0.39 is 0 Å². The van der Waals surface area contributed by atoms with Crippen LogP contribution in [0.2, 0.25) is 0 Å². The maximum atomic E-state index is 11.8. The Hall–Kier alpha value is -0.370. The molecule has 0 aromatic rings. The Morgan fingerprint density at radius 3 is 2.67 bits per heavy atom. The van der Waals surface area contributed by atoms with E-state index in [1.54, 1.807) is 0 Å². The molecule has 2 heteroatoms. The number of aliphatic hydroxyl groups is 1. The standard InChI is InChI=1S/C13H22O2/c1-4-9-8(3)11(14)6-10-12(15)5-7(2)13(9)10/h7-11,13-14H,4-6H2,1-3H3/t7-,8-,9-,10-,11?,13-/m0/s1. The fourth-order valence-corrected chi connectivity index (χ4v) is 3.98. The number of hydrogen-bond acceptors (Lipinski definition) is 2. The third-order valence-corrected chi connectivity index (χ3v) is 4.80. The molecular weight excluding hydrogens is 188 g/mol. The SMILES string of the molecule is CC[C@@H]1[C@@H]2[C@@H](C)CC(=O)[C@@H]2CC(O)[C@H]1C. The fraction of sp³-hybridized carbons (Fsp3) is 0.923. The van der Waals surface area contributed by atoms with E-state index in [1.165, 1.54) is 0 Å². The third kappa shape index (κ3) is 1.63. The van der Waals surface area contributed by atoms with Crippen LogP contribution in [0.1, 0.15) is 40.0 Å². The zero-order chi connectivity index (χ0) is 11.2. The number of carbonyl (C=O) groups excluding carboxylic acids is 1. The first kappa shape index (κ1) is 11.1. The molecule has 2 aliphatic rings. The molecule has 0 spiro atoms. The van der Waals surface area contributed by atoms with Gasteiger partial charge in [0, 0.05) is 12.3 Å². The molecule has 2 fully saturated rings. The molecule has 0 amide bonds. The first-order chi connectivity index (χ1) is 7.06. The van der Waals surface area contributed by atoms with Gasteiger partial charge in [-0.2, -0.15) is 0 Å². The molecule has 0 radical (unpaired) electrons. The Bertz CT molecular complexity index is 261. The van der Waals surface area contributed by atoms with Crippen molar-refractivity contribution in [2.45, 2.75) is 46.1 Å². The Labute approximate surface area is 92.1 Å². The van der Waals surface area contributed by atoms with Crippen LogP contribution in [-0.2, 0) is 4.79 Å². The quantitative estimate of drug-likeness (QED) is 0.720. The lowest BCUT2D eigenvalue weighted by Gasteiger charge is -2.42. The van der Waals surface area contributed by atoms with E-state index in [2.05, 4.69) is 20.8 Å². The maximum Gasteiger partial charge on any atom is 0.136 e. The molecular formula is C13H22O2. The number of Topliss-reactive ketones (excluding diaryl/α,β-unsaturated/α-hetero) is 1. The third-order valence-electron chi connectivity index (χ3n) is 4.80. The van der Waals surface area contributed by atoms with Crippen molar-refractivity contribution in [1.82, 2.24) is 0 Å². The first-order valence-corrected chi connectivity index (χ1v) is 6.27. The molecule has 6 atom stereocenters. The van der Waals surface area contributed by atoms with Crippen LogP contribution in [0.15, 0.2) is 0 Å². The Morgan fingerprint density at radius 1 is 1.40 bits per heavy atom. The van der Waals surface area contributed by atoms with E-state index in [0.717, 1.165) is 12.8 Å². The van der Waals surface area contributed by atoms with Crippen molar-refractivity contribution in [3.63, 3.8) is 0 Å². The molecule has 2 rings (SSSR count). The molecule has 0 saturated heterocycles. The van der Waals surface area contributed by atoms with Crippen molar-refractivity contribution in [1.29, 1.82) is 0 Å². The number of aliphatic hydroxyl groups excluding tert-OH is 1. The normalized spacial score (nSPS) is 50.5. The van der Waals surface area contributed by atoms with Gasteiger partial charge in [0.1, 0.15) is 5.78 Å². The minimum absolute atomic E-state index is 0.163. The summed E-state index contributed by atoms with van der Waals surface area (Å²) in [5.41, 5.74) is 0. The number of carbonyl (C=O) groups is 1. The summed E-state index contributed by atoms with van der Waals surface area (Å²) in [6.07, 6.45) is 2.29. The monoisotopic (exact) mass is 210 g/mol. The van der Waals surface area contributed by atoms with Gasteiger partial charge in [0.2, 0.25) is 0 Å². The second kappa shape index (κ2) is 3.89. The van der Waals surface area contributed by atoms with E-state index in [9.17, 15) is 9.90 Å². The summed E-state index contributed by atoms with van der Waals surface area (Å²) in [7, 11) is 0. The molecule has 2 nitrogen and oxygen atoms in total. The lowest BCUT2D eigenvalue weighted by molar-refractivity contribution is -0.125. The van der Waals surface area contributed by atoms with Gasteiger partial charge in [0.25, 0.3) is 0 Å². The first-order valence-electron chi connectivity index (χ1n) is 6.27. The minimum Gasteiger partial charge on any atom is -0.393 e. The van der Waals surface area contributed by atoms with Crippen molar-refractivity contribution >= 4 is 5.78 Å². The lowest BCUT2D eigenvalue weighted by atomic mass is 9.64. The van der Waals surface area contributed by atoms with Crippen LogP contribution >= 0.6 is 0 Å². The molecule has 0 aromatic carbocycles. The lowest BCUT2D eigenvalue weighted by Crippen LogP contribution is -2.42. The van der Waals surface area contributed by atoms with Crippen LogP contribution in [0.4, 0.5) is 0 Å². The zero-order valence-corrected chi connectivity index (χ0v) is 9.94. The second-order valence-corrected chi connectivity index (χ2v) is 5.57. The molecule has 2 saturated carbocycles. The van der Waals surface area contributed by atoms with Gasteiger partial charge in [0.05, 0.1) is 6.10 Å². The highest BCUT2D eigenvalue weighted by atomic mass is 16.3. The van der Waals surface area contributed by atoms with Crippen molar-refractivity contribution in [2.75, 3.05) is 0 Å². The molecule has 0 bridgehead atoms. The van der Waals surface area contributed by atoms with Crippen molar-refractivity contribution in [2.24, 2.45) is 29.6 Å². The predicted octanol–water partition coefficient (Wildman–Crippen LogP) is 2.25. The van der Waals surface area contributed by atoms with Crippen LogP contribution in [0.5, 0.6) is 0 Å². The van der Waals surface area contributed by atoms with Gasteiger partial charge in [0.15, 0.2) is 0 Å². The zero-order valence-electron chi connectivity index (χ0n) is 9.94. The average Bonchev–Trinajstić information content (AvgIpc) is 2.45. The van der Waals surface area contributed by atoms with E-state index in [4.69, 9.17) is 0 Å². The molecule has 15 heavy (non-hydrogen) atoms. The molecule has 2 aliphatic carbocycles. The largest absolute Gasteiger partial charge is 0.393 e. The number of rotatable bonds is 1. The Kier molecular flexibility index (Phi) is 2.89.